The Kier molecular flexibility index (Phi) is 3.09. The molecular weight excluding hydrogens is 260 g/mol. The highest BCUT2D eigenvalue weighted by Gasteiger charge is 2.17. The average Bonchev–Trinajstić information content (AvgIpc) is 3.06. The highest BCUT2D eigenvalue weighted by Crippen LogP contribution is 2.23. The van der Waals surface area contributed by atoms with E-state index in [0.29, 0.717) is 5.88 Å². The van der Waals surface area contributed by atoms with Crippen molar-refractivity contribution in [1.82, 2.24) is 19.6 Å². The highest BCUT2D eigenvalue weighted by atomic mass is 35.5. The maximum Gasteiger partial charge on any atom is 0.161 e. The molecule has 0 saturated heterocycles. The Morgan fingerprint density at radius 2 is 1.95 bits per heavy atom. The van der Waals surface area contributed by atoms with Crippen LogP contribution in [0.1, 0.15) is 11.3 Å². The lowest BCUT2D eigenvalue weighted by Crippen LogP contribution is -2.07. The second-order valence-electron chi connectivity index (χ2n) is 4.22. The van der Waals surface area contributed by atoms with Gasteiger partial charge in [-0.25, -0.2) is 9.36 Å². The fourth-order valence-electron chi connectivity index (χ4n) is 2.08. The van der Waals surface area contributed by atoms with Crippen molar-refractivity contribution in [3.63, 3.8) is 0 Å². The van der Waals surface area contributed by atoms with Crippen LogP contribution >= 0.6 is 11.6 Å². The van der Waals surface area contributed by atoms with Gasteiger partial charge in [-0.1, -0.05) is 18.2 Å². The van der Waals surface area contributed by atoms with E-state index in [1.54, 1.807) is 10.9 Å². The first-order valence-electron chi connectivity index (χ1n) is 6.01. The van der Waals surface area contributed by atoms with E-state index in [1.807, 2.05) is 54.2 Å². The zero-order valence-corrected chi connectivity index (χ0v) is 11.2. The van der Waals surface area contributed by atoms with Crippen molar-refractivity contribution in [1.29, 1.82) is 0 Å². The molecule has 0 saturated carbocycles. The maximum absolute atomic E-state index is 6.06. The summed E-state index contributed by atoms with van der Waals surface area (Å²) in [7, 11) is 0. The quantitative estimate of drug-likeness (QED) is 0.687. The maximum atomic E-state index is 6.06. The van der Waals surface area contributed by atoms with Crippen molar-refractivity contribution < 1.29 is 0 Å². The third kappa shape index (κ3) is 2.04. The van der Waals surface area contributed by atoms with Crippen molar-refractivity contribution in [3.05, 3.63) is 60.0 Å². The molecule has 3 rings (SSSR count). The molecule has 19 heavy (non-hydrogen) atoms. The van der Waals surface area contributed by atoms with Gasteiger partial charge in [-0.2, -0.15) is 10.2 Å². The molecule has 2 heterocycles. The van der Waals surface area contributed by atoms with E-state index in [-0.39, 0.29) is 0 Å². The summed E-state index contributed by atoms with van der Waals surface area (Å²) >= 11 is 6.06. The van der Waals surface area contributed by atoms with Crippen LogP contribution in [0.5, 0.6) is 0 Å². The number of hydrogen-bond donors (Lipinski definition) is 0. The summed E-state index contributed by atoms with van der Waals surface area (Å²) in [5.74, 6) is 1.30. The molecule has 0 amide bonds. The van der Waals surface area contributed by atoms with E-state index in [1.165, 1.54) is 0 Å². The van der Waals surface area contributed by atoms with Gasteiger partial charge in [0.2, 0.25) is 0 Å². The molecule has 0 fully saturated rings. The molecule has 3 aromatic rings. The Labute approximate surface area is 116 Å². The second kappa shape index (κ2) is 4.90. The van der Waals surface area contributed by atoms with E-state index in [4.69, 9.17) is 11.6 Å². The molecule has 0 N–H and O–H groups in total. The average molecular weight is 273 g/mol. The van der Waals surface area contributed by atoms with Crippen LogP contribution in [-0.2, 0) is 5.88 Å². The van der Waals surface area contributed by atoms with Crippen LogP contribution in [0.25, 0.3) is 11.5 Å². The van der Waals surface area contributed by atoms with Gasteiger partial charge in [0.25, 0.3) is 0 Å². The summed E-state index contributed by atoms with van der Waals surface area (Å²) in [6.45, 7) is 1.96. The summed E-state index contributed by atoms with van der Waals surface area (Å²) in [6, 6.07) is 11.9. The van der Waals surface area contributed by atoms with E-state index in [0.717, 1.165) is 22.8 Å². The van der Waals surface area contributed by atoms with Gasteiger partial charge in [0, 0.05) is 18.0 Å². The number of rotatable bonds is 3. The molecule has 0 aliphatic heterocycles. The lowest BCUT2D eigenvalue weighted by molar-refractivity contribution is 0.758. The lowest BCUT2D eigenvalue weighted by atomic mass is 10.2. The van der Waals surface area contributed by atoms with Crippen LogP contribution in [0.3, 0.4) is 0 Å². The number of para-hydroxylation sites is 1. The summed E-state index contributed by atoms with van der Waals surface area (Å²) in [4.78, 5) is 0. The van der Waals surface area contributed by atoms with Crippen LogP contribution in [-0.4, -0.2) is 19.6 Å². The minimum Gasteiger partial charge on any atom is -0.222 e. The van der Waals surface area contributed by atoms with E-state index >= 15 is 0 Å². The molecule has 0 atom stereocenters. The molecule has 0 aliphatic rings. The molecular formula is C14H13ClN4. The van der Waals surface area contributed by atoms with Gasteiger partial charge in [0.15, 0.2) is 5.82 Å². The molecule has 0 unspecified atom stereocenters. The summed E-state index contributed by atoms with van der Waals surface area (Å²) in [5, 5.41) is 8.87. The molecule has 1 aromatic carbocycles. The van der Waals surface area contributed by atoms with Gasteiger partial charge in [0.1, 0.15) is 0 Å². The monoisotopic (exact) mass is 272 g/mol. The number of halogens is 1. The Morgan fingerprint density at radius 3 is 2.58 bits per heavy atom. The van der Waals surface area contributed by atoms with E-state index in [2.05, 4.69) is 10.2 Å². The number of hydrogen-bond acceptors (Lipinski definition) is 2. The Morgan fingerprint density at radius 1 is 1.16 bits per heavy atom. The lowest BCUT2D eigenvalue weighted by Gasteiger charge is -2.08. The molecule has 0 aliphatic carbocycles. The van der Waals surface area contributed by atoms with Crippen molar-refractivity contribution in [3.8, 4) is 11.5 Å². The fraction of sp³-hybridized carbons (Fsp3) is 0.143. The van der Waals surface area contributed by atoms with Gasteiger partial charge in [-0.05, 0) is 25.1 Å². The Bertz CT molecular complexity index is 671. The normalized spacial score (nSPS) is 10.8. The van der Waals surface area contributed by atoms with Crippen LogP contribution in [0, 0.1) is 6.92 Å². The van der Waals surface area contributed by atoms with Crippen LogP contribution in [0.4, 0.5) is 0 Å². The summed E-state index contributed by atoms with van der Waals surface area (Å²) in [6.07, 6.45) is 3.64. The van der Waals surface area contributed by atoms with Crippen molar-refractivity contribution in [2.24, 2.45) is 0 Å². The van der Waals surface area contributed by atoms with Crippen molar-refractivity contribution in [2.45, 2.75) is 12.8 Å². The predicted molar refractivity (Wildman–Crippen MR) is 75.0 cm³/mol. The zero-order chi connectivity index (χ0) is 13.2. The molecule has 2 aromatic heterocycles. The predicted octanol–water partition coefficient (Wildman–Crippen LogP) is 3.11. The smallest absolute Gasteiger partial charge is 0.161 e. The van der Waals surface area contributed by atoms with E-state index in [9.17, 15) is 0 Å². The van der Waals surface area contributed by atoms with Gasteiger partial charge < -0.3 is 0 Å². The number of benzene rings is 1. The molecule has 0 bridgehead atoms. The van der Waals surface area contributed by atoms with Crippen molar-refractivity contribution in [2.75, 3.05) is 0 Å². The molecule has 0 spiro atoms. The largest absolute Gasteiger partial charge is 0.222 e. The number of alkyl halides is 1. The Hall–Kier alpha value is -2.07. The highest BCUT2D eigenvalue weighted by molar-refractivity contribution is 6.17. The molecule has 4 nitrogen and oxygen atoms in total. The third-order valence-corrected chi connectivity index (χ3v) is 3.28. The van der Waals surface area contributed by atoms with Crippen LogP contribution in [0.2, 0.25) is 0 Å². The molecule has 96 valence electrons. The van der Waals surface area contributed by atoms with E-state index < -0.39 is 0 Å². The third-order valence-electron chi connectivity index (χ3n) is 3.01. The summed E-state index contributed by atoms with van der Waals surface area (Å²) < 4.78 is 3.67. The number of aryl methyl sites for hydroxylation is 1. The van der Waals surface area contributed by atoms with Crippen molar-refractivity contribution >= 4 is 11.6 Å². The zero-order valence-electron chi connectivity index (χ0n) is 10.5. The number of nitrogens with zero attached hydrogens (tertiary/aromatic N) is 4. The first-order valence-corrected chi connectivity index (χ1v) is 6.54. The van der Waals surface area contributed by atoms with Crippen LogP contribution < -0.4 is 0 Å². The fourth-order valence-corrected chi connectivity index (χ4v) is 2.40. The second-order valence-corrected chi connectivity index (χ2v) is 4.49. The molecule has 5 heteroatoms. The minimum atomic E-state index is 0.411. The van der Waals surface area contributed by atoms with Crippen LogP contribution in [0.15, 0.2) is 48.8 Å². The minimum absolute atomic E-state index is 0.411. The standard InChI is InChI=1S/C14H13ClN4/c1-11-13(10-15)14(18-9-5-8-16-18)19(17-11)12-6-3-2-4-7-12/h2-9H,10H2,1H3. The van der Waals surface area contributed by atoms with Gasteiger partial charge in [-0.3, -0.25) is 0 Å². The number of aromatic nitrogens is 4. The van der Waals surface area contributed by atoms with Gasteiger partial charge >= 0.3 is 0 Å². The topological polar surface area (TPSA) is 35.6 Å². The van der Waals surface area contributed by atoms with Gasteiger partial charge in [-0.15, -0.1) is 11.6 Å². The first-order chi connectivity index (χ1) is 9.31. The summed E-state index contributed by atoms with van der Waals surface area (Å²) in [5.41, 5.74) is 2.91. The van der Waals surface area contributed by atoms with Gasteiger partial charge in [0.05, 0.1) is 17.3 Å². The molecule has 0 radical (unpaired) electrons. The SMILES string of the molecule is Cc1nn(-c2ccccc2)c(-n2cccn2)c1CCl. The first kappa shape index (κ1) is 12.0. The Balaban J connectivity index is 2.26.